The second-order valence-corrected chi connectivity index (χ2v) is 16.4. The average Bonchev–Trinajstić information content (AvgIpc) is 3.22. The molecule has 208 valence electrons. The van der Waals surface area contributed by atoms with Crippen LogP contribution in [0.3, 0.4) is 0 Å². The van der Waals surface area contributed by atoms with Crippen molar-refractivity contribution in [2.75, 3.05) is 6.61 Å². The number of nitrogens with zero attached hydrogens (tertiary/aromatic N) is 3. The fraction of sp³-hybridized carbons (Fsp3) is 0.296. The van der Waals surface area contributed by atoms with Gasteiger partial charge in [0.05, 0.1) is 34.0 Å². The minimum atomic E-state index is -1.25. The van der Waals surface area contributed by atoms with Crippen LogP contribution in [0.15, 0.2) is 48.7 Å². The lowest BCUT2D eigenvalue weighted by Crippen LogP contribution is -2.22. The Hall–Kier alpha value is -2.89. The fourth-order valence-electron chi connectivity index (χ4n) is 4.10. The molecule has 0 unspecified atom stereocenters. The van der Waals surface area contributed by atoms with Gasteiger partial charge in [0.2, 0.25) is 0 Å². The lowest BCUT2D eigenvalue weighted by molar-refractivity contribution is 0.0697. The molecule has 7 nitrogen and oxygen atoms in total. The standard InChI is InChI=1S/C27H29ClF2N4O3Si.ClH/c1-38(2,3)7-6-37-15-34-25-13-20(17-4-5-22(28)21(11-17)27(35)36)26(33-24(25)14-32-34)23(31)10-16-8-18(29)12-19(30)9-16;/h4-5,8-9,11-14,23H,6-7,10,15,31H2,1-3H3,(H,35,36);1H/t23-;/m0./s1. The maximum absolute atomic E-state index is 13.8. The van der Waals surface area contributed by atoms with Crippen LogP contribution in [0, 0.1) is 11.6 Å². The first-order chi connectivity index (χ1) is 17.9. The average molecular weight is 596 g/mol. The highest BCUT2D eigenvalue weighted by molar-refractivity contribution is 6.76. The van der Waals surface area contributed by atoms with Crippen LogP contribution in [-0.4, -0.2) is 40.5 Å². The van der Waals surface area contributed by atoms with Crippen LogP contribution >= 0.6 is 24.0 Å². The summed E-state index contributed by atoms with van der Waals surface area (Å²) in [4.78, 5) is 16.5. The third-order valence-electron chi connectivity index (χ3n) is 6.10. The van der Waals surface area contributed by atoms with Gasteiger partial charge in [-0.3, -0.25) is 0 Å². The van der Waals surface area contributed by atoms with Gasteiger partial charge in [-0.1, -0.05) is 37.3 Å². The number of fused-ring (bicyclic) bond motifs is 1. The van der Waals surface area contributed by atoms with E-state index in [1.807, 2.05) is 6.07 Å². The second-order valence-electron chi connectivity index (χ2n) is 10.4. The van der Waals surface area contributed by atoms with Gasteiger partial charge in [0.15, 0.2) is 0 Å². The Labute approximate surface area is 237 Å². The molecule has 0 bridgehead atoms. The zero-order valence-electron chi connectivity index (χ0n) is 21.7. The predicted molar refractivity (Wildman–Crippen MR) is 153 cm³/mol. The molecule has 4 aromatic rings. The zero-order chi connectivity index (χ0) is 27.6. The zero-order valence-corrected chi connectivity index (χ0v) is 24.3. The van der Waals surface area contributed by atoms with Gasteiger partial charge in [0.25, 0.3) is 0 Å². The maximum Gasteiger partial charge on any atom is 0.337 e. The van der Waals surface area contributed by atoms with E-state index in [9.17, 15) is 18.7 Å². The molecule has 0 radical (unpaired) electrons. The lowest BCUT2D eigenvalue weighted by atomic mass is 9.94. The van der Waals surface area contributed by atoms with Crippen LogP contribution in [-0.2, 0) is 17.9 Å². The lowest BCUT2D eigenvalue weighted by Gasteiger charge is -2.18. The number of nitrogens with two attached hydrogens (primary N) is 1. The number of pyridine rings is 1. The molecule has 4 rings (SSSR count). The van der Waals surface area contributed by atoms with Gasteiger partial charge in [-0.2, -0.15) is 5.10 Å². The summed E-state index contributed by atoms with van der Waals surface area (Å²) >= 11 is 6.10. The van der Waals surface area contributed by atoms with E-state index in [1.165, 1.54) is 24.3 Å². The van der Waals surface area contributed by atoms with E-state index in [4.69, 9.17) is 27.1 Å². The molecule has 0 amide bonds. The van der Waals surface area contributed by atoms with Crippen LogP contribution in [0.4, 0.5) is 8.78 Å². The Morgan fingerprint density at radius 2 is 1.85 bits per heavy atom. The Kier molecular flexibility index (Phi) is 9.84. The molecule has 0 aliphatic rings. The molecule has 39 heavy (non-hydrogen) atoms. The number of benzene rings is 2. The van der Waals surface area contributed by atoms with Crippen molar-refractivity contribution in [3.8, 4) is 11.1 Å². The molecule has 2 aromatic heterocycles. The molecule has 0 saturated heterocycles. The summed E-state index contributed by atoms with van der Waals surface area (Å²) in [5.41, 5.74) is 9.59. The Morgan fingerprint density at radius 3 is 2.49 bits per heavy atom. The van der Waals surface area contributed by atoms with Gasteiger partial charge < -0.3 is 15.6 Å². The normalized spacial score (nSPS) is 12.4. The number of aromatic nitrogens is 3. The van der Waals surface area contributed by atoms with Crippen molar-refractivity contribution in [1.29, 1.82) is 0 Å². The smallest absolute Gasteiger partial charge is 0.337 e. The van der Waals surface area contributed by atoms with Crippen molar-refractivity contribution in [3.05, 3.63) is 82.1 Å². The van der Waals surface area contributed by atoms with Crippen molar-refractivity contribution >= 4 is 49.1 Å². The first-order valence-corrected chi connectivity index (χ1v) is 16.2. The van der Waals surface area contributed by atoms with Crippen LogP contribution in [0.5, 0.6) is 0 Å². The first-order valence-electron chi connectivity index (χ1n) is 12.1. The van der Waals surface area contributed by atoms with Crippen molar-refractivity contribution in [1.82, 2.24) is 14.8 Å². The second kappa shape index (κ2) is 12.5. The van der Waals surface area contributed by atoms with Gasteiger partial charge in [-0.05, 0) is 53.9 Å². The Morgan fingerprint density at radius 1 is 1.15 bits per heavy atom. The number of rotatable bonds is 10. The summed E-state index contributed by atoms with van der Waals surface area (Å²) in [5, 5.41) is 14.1. The minimum absolute atomic E-state index is 0. The van der Waals surface area contributed by atoms with Gasteiger partial charge in [0.1, 0.15) is 23.9 Å². The molecular weight excluding hydrogens is 565 g/mol. The van der Waals surface area contributed by atoms with Gasteiger partial charge >= 0.3 is 5.97 Å². The van der Waals surface area contributed by atoms with E-state index in [0.29, 0.717) is 40.0 Å². The largest absolute Gasteiger partial charge is 0.478 e. The van der Waals surface area contributed by atoms with Crippen molar-refractivity contribution in [3.63, 3.8) is 0 Å². The van der Waals surface area contributed by atoms with E-state index in [0.717, 1.165) is 12.1 Å². The van der Waals surface area contributed by atoms with E-state index in [2.05, 4.69) is 24.7 Å². The summed E-state index contributed by atoms with van der Waals surface area (Å²) in [6.07, 6.45) is 1.71. The summed E-state index contributed by atoms with van der Waals surface area (Å²) in [5.74, 6) is -2.57. The molecule has 0 fully saturated rings. The van der Waals surface area contributed by atoms with E-state index in [1.54, 1.807) is 16.9 Å². The van der Waals surface area contributed by atoms with Gasteiger partial charge in [-0.15, -0.1) is 12.4 Å². The van der Waals surface area contributed by atoms with Crippen LogP contribution < -0.4 is 5.73 Å². The highest BCUT2D eigenvalue weighted by atomic mass is 35.5. The minimum Gasteiger partial charge on any atom is -0.478 e. The number of halogens is 4. The molecule has 0 spiro atoms. The van der Waals surface area contributed by atoms with Crippen molar-refractivity contribution in [2.24, 2.45) is 5.73 Å². The summed E-state index contributed by atoms with van der Waals surface area (Å²) in [6.45, 7) is 7.66. The van der Waals surface area contributed by atoms with Crippen LogP contribution in [0.25, 0.3) is 22.2 Å². The molecule has 0 aliphatic heterocycles. The monoisotopic (exact) mass is 594 g/mol. The Balaban J connectivity index is 0.00000420. The van der Waals surface area contributed by atoms with Crippen molar-refractivity contribution < 1.29 is 23.4 Å². The fourth-order valence-corrected chi connectivity index (χ4v) is 5.06. The number of aromatic carboxylic acids is 1. The number of hydrogen-bond acceptors (Lipinski definition) is 5. The third-order valence-corrected chi connectivity index (χ3v) is 8.14. The van der Waals surface area contributed by atoms with E-state index < -0.39 is 31.7 Å². The number of ether oxygens (including phenoxy) is 1. The van der Waals surface area contributed by atoms with E-state index >= 15 is 0 Å². The number of hydrogen-bond donors (Lipinski definition) is 2. The number of carboxylic acids is 1. The first kappa shape index (κ1) is 30.6. The molecular formula is C27H30Cl2F2N4O3Si. The molecule has 0 saturated carbocycles. The predicted octanol–water partition coefficient (Wildman–Crippen LogP) is 6.70. The van der Waals surface area contributed by atoms with Crippen LogP contribution in [0.2, 0.25) is 30.7 Å². The highest BCUT2D eigenvalue weighted by Crippen LogP contribution is 2.33. The topological polar surface area (TPSA) is 103 Å². The summed E-state index contributed by atoms with van der Waals surface area (Å²) < 4.78 is 35.2. The summed E-state index contributed by atoms with van der Waals surface area (Å²) in [7, 11) is -1.25. The van der Waals surface area contributed by atoms with Crippen molar-refractivity contribution in [2.45, 2.75) is 44.9 Å². The maximum atomic E-state index is 13.8. The highest BCUT2D eigenvalue weighted by Gasteiger charge is 2.21. The van der Waals surface area contributed by atoms with Gasteiger partial charge in [-0.25, -0.2) is 23.2 Å². The SMILES string of the molecule is C[Si](C)(C)CCOCn1ncc2nc([C@@H](N)Cc3cc(F)cc(F)c3)c(-c3ccc(Cl)c(C(=O)O)c3)cc21.Cl. The Bertz CT molecular complexity index is 1470. The van der Waals surface area contributed by atoms with Crippen LogP contribution in [0.1, 0.15) is 27.7 Å². The molecule has 1 atom stereocenters. The number of carbonyl (C=O) groups is 1. The third kappa shape index (κ3) is 7.61. The number of carboxylic acid groups (broad SMARTS) is 1. The molecule has 2 heterocycles. The summed E-state index contributed by atoms with van der Waals surface area (Å²) in [6, 6.07) is 9.97. The van der Waals surface area contributed by atoms with Gasteiger partial charge in [0, 0.05) is 26.3 Å². The molecule has 12 heteroatoms. The quantitative estimate of drug-likeness (QED) is 0.156. The van der Waals surface area contributed by atoms with E-state index in [-0.39, 0.29) is 36.1 Å². The molecule has 0 aliphatic carbocycles. The molecule has 3 N–H and O–H groups in total. The molecule has 2 aromatic carbocycles.